The zero-order chi connectivity index (χ0) is 12.0. The van der Waals surface area contributed by atoms with E-state index in [9.17, 15) is 20.1 Å². The van der Waals surface area contributed by atoms with E-state index in [1.54, 1.807) is 0 Å². The first kappa shape index (κ1) is 9.97. The summed E-state index contributed by atoms with van der Waals surface area (Å²) in [6.07, 6.45) is 0. The third-order valence-corrected chi connectivity index (χ3v) is 2.06. The van der Waals surface area contributed by atoms with Gasteiger partial charge in [-0.25, -0.2) is 4.79 Å². The van der Waals surface area contributed by atoms with E-state index in [4.69, 9.17) is 10.2 Å². The lowest BCUT2D eigenvalue weighted by Crippen LogP contribution is -1.98. The maximum Gasteiger partial charge on any atom is 0.382 e. The van der Waals surface area contributed by atoms with Gasteiger partial charge in [-0.05, 0) is 0 Å². The largest absolute Gasteiger partial charge is 0.504 e. The second-order valence-electron chi connectivity index (χ2n) is 3.05. The van der Waals surface area contributed by atoms with Crippen LogP contribution in [0.1, 0.15) is 0 Å². The summed E-state index contributed by atoms with van der Waals surface area (Å²) < 4.78 is 4.45. The molecule has 7 nitrogen and oxygen atoms in total. The molecule has 5 N–H and O–H groups in total. The van der Waals surface area contributed by atoms with Crippen molar-refractivity contribution in [2.24, 2.45) is 0 Å². The second kappa shape index (κ2) is 2.96. The first-order valence-electron chi connectivity index (χ1n) is 4.06. The molecule has 0 amide bonds. The van der Waals surface area contributed by atoms with Gasteiger partial charge in [-0.2, -0.15) is 0 Å². The average molecular weight is 226 g/mol. The minimum Gasteiger partial charge on any atom is -0.504 e. The second-order valence-corrected chi connectivity index (χ2v) is 3.05. The monoisotopic (exact) mass is 226 g/mol. The summed E-state index contributed by atoms with van der Waals surface area (Å²) in [5, 5.41) is 45.8. The summed E-state index contributed by atoms with van der Waals surface area (Å²) in [7, 11) is 0. The summed E-state index contributed by atoms with van der Waals surface area (Å²) in [5.41, 5.74) is -1.80. The van der Waals surface area contributed by atoms with E-state index in [1.807, 2.05) is 0 Å². The fraction of sp³-hybridized carbons (Fsp3) is 0. The lowest BCUT2D eigenvalue weighted by molar-refractivity contribution is 0.365. The highest BCUT2D eigenvalue weighted by molar-refractivity contribution is 5.96. The summed E-state index contributed by atoms with van der Waals surface area (Å²) in [4.78, 5) is 11.0. The van der Waals surface area contributed by atoms with Crippen LogP contribution in [0.3, 0.4) is 0 Å². The van der Waals surface area contributed by atoms with Crippen LogP contribution in [0.25, 0.3) is 11.0 Å². The average Bonchev–Trinajstić information content (AvgIpc) is 2.22. The molecule has 0 fully saturated rings. The smallest absolute Gasteiger partial charge is 0.382 e. The van der Waals surface area contributed by atoms with E-state index in [1.165, 1.54) is 0 Å². The molecule has 0 radical (unpaired) electrons. The van der Waals surface area contributed by atoms with Gasteiger partial charge in [-0.1, -0.05) is 0 Å². The van der Waals surface area contributed by atoms with Crippen LogP contribution in [-0.2, 0) is 0 Å². The first-order valence-corrected chi connectivity index (χ1v) is 4.06. The van der Waals surface area contributed by atoms with Crippen molar-refractivity contribution in [3.63, 3.8) is 0 Å². The number of hydrogen-bond acceptors (Lipinski definition) is 7. The maximum atomic E-state index is 11.0. The minimum absolute atomic E-state index is 0.532. The highest BCUT2D eigenvalue weighted by atomic mass is 16.4. The summed E-state index contributed by atoms with van der Waals surface area (Å²) in [6.45, 7) is 0. The molecule has 16 heavy (non-hydrogen) atoms. The topological polar surface area (TPSA) is 131 Å². The maximum absolute atomic E-state index is 11.0. The van der Waals surface area contributed by atoms with Crippen LogP contribution >= 0.6 is 0 Å². The molecule has 0 saturated heterocycles. The number of aromatic hydroxyl groups is 5. The number of benzene rings is 1. The van der Waals surface area contributed by atoms with Crippen LogP contribution in [0.5, 0.6) is 28.7 Å². The molecule has 2 rings (SSSR count). The Hall–Kier alpha value is -2.57. The summed E-state index contributed by atoms with van der Waals surface area (Å²) in [6, 6.07) is 0.733. The van der Waals surface area contributed by atoms with Gasteiger partial charge in [0.1, 0.15) is 5.39 Å². The highest BCUT2D eigenvalue weighted by Crippen LogP contribution is 2.45. The Morgan fingerprint density at radius 3 is 2.12 bits per heavy atom. The minimum atomic E-state index is -1.27. The van der Waals surface area contributed by atoms with E-state index < -0.39 is 45.3 Å². The Bertz CT molecular complexity index is 641. The van der Waals surface area contributed by atoms with E-state index in [2.05, 4.69) is 4.42 Å². The van der Waals surface area contributed by atoms with Gasteiger partial charge in [0.05, 0.1) is 0 Å². The zero-order valence-corrected chi connectivity index (χ0v) is 7.63. The Kier molecular flexibility index (Phi) is 1.84. The standard InChI is InChI=1S/C9H6O7/c10-2-1-3(11)8-4(5(2)12)6(13)7(14)9(15)16-8/h1,10-14H. The first-order chi connectivity index (χ1) is 7.43. The SMILES string of the molecule is O=c1oc2c(O)cc(O)c(O)c2c(O)c1O. The van der Waals surface area contributed by atoms with Crippen molar-refractivity contribution < 1.29 is 29.9 Å². The van der Waals surface area contributed by atoms with Gasteiger partial charge in [0.25, 0.3) is 0 Å². The third-order valence-electron chi connectivity index (χ3n) is 2.06. The van der Waals surface area contributed by atoms with Gasteiger partial charge in [-0.3, -0.25) is 0 Å². The molecule has 0 bridgehead atoms. The van der Waals surface area contributed by atoms with Crippen molar-refractivity contribution in [2.45, 2.75) is 0 Å². The predicted molar refractivity (Wildman–Crippen MR) is 50.8 cm³/mol. The van der Waals surface area contributed by atoms with Crippen LogP contribution < -0.4 is 5.63 Å². The van der Waals surface area contributed by atoms with Crippen molar-refractivity contribution in [1.29, 1.82) is 0 Å². The molecule has 0 atom stereocenters. The molecule has 7 heteroatoms. The van der Waals surface area contributed by atoms with E-state index in [-0.39, 0.29) is 0 Å². The van der Waals surface area contributed by atoms with Crippen molar-refractivity contribution in [2.75, 3.05) is 0 Å². The van der Waals surface area contributed by atoms with Crippen LogP contribution in [0.4, 0.5) is 0 Å². The van der Waals surface area contributed by atoms with Gasteiger partial charge >= 0.3 is 5.63 Å². The fourth-order valence-corrected chi connectivity index (χ4v) is 1.31. The van der Waals surface area contributed by atoms with Crippen LogP contribution in [0.2, 0.25) is 0 Å². The Morgan fingerprint density at radius 1 is 0.875 bits per heavy atom. The highest BCUT2D eigenvalue weighted by Gasteiger charge is 2.21. The molecule has 0 aliphatic heterocycles. The molecule has 84 valence electrons. The molecular weight excluding hydrogens is 220 g/mol. The van der Waals surface area contributed by atoms with Crippen molar-refractivity contribution >= 4 is 11.0 Å². The molecular formula is C9H6O7. The normalized spacial score (nSPS) is 10.8. The molecule has 1 aromatic carbocycles. The lowest BCUT2D eigenvalue weighted by atomic mass is 10.1. The number of fused-ring (bicyclic) bond motifs is 1. The number of phenolic OH excluding ortho intramolecular Hbond substituents is 3. The third kappa shape index (κ3) is 1.11. The van der Waals surface area contributed by atoms with Gasteiger partial charge in [0, 0.05) is 6.07 Å². The van der Waals surface area contributed by atoms with Gasteiger partial charge in [0.15, 0.2) is 28.6 Å². The van der Waals surface area contributed by atoms with Crippen molar-refractivity contribution in [1.82, 2.24) is 0 Å². The molecule has 2 aromatic rings. The fourth-order valence-electron chi connectivity index (χ4n) is 1.31. The van der Waals surface area contributed by atoms with Crippen molar-refractivity contribution in [3.05, 3.63) is 16.5 Å². The molecule has 0 unspecified atom stereocenters. The van der Waals surface area contributed by atoms with Crippen LogP contribution in [0.15, 0.2) is 15.3 Å². The number of hydrogen-bond donors (Lipinski definition) is 5. The number of rotatable bonds is 0. The van der Waals surface area contributed by atoms with Gasteiger partial charge in [-0.15, -0.1) is 0 Å². The Labute approximate surface area is 87.1 Å². The Morgan fingerprint density at radius 2 is 1.50 bits per heavy atom. The van der Waals surface area contributed by atoms with Gasteiger partial charge in [0.2, 0.25) is 5.75 Å². The molecule has 0 saturated carbocycles. The lowest BCUT2D eigenvalue weighted by Gasteiger charge is -2.06. The van der Waals surface area contributed by atoms with Crippen LogP contribution in [-0.4, -0.2) is 25.5 Å². The summed E-state index contributed by atoms with van der Waals surface area (Å²) >= 11 is 0. The van der Waals surface area contributed by atoms with E-state index >= 15 is 0 Å². The predicted octanol–water partition coefficient (Wildman–Crippen LogP) is 0.321. The van der Waals surface area contributed by atoms with Crippen molar-refractivity contribution in [3.8, 4) is 28.7 Å². The molecule has 1 heterocycles. The molecule has 0 spiro atoms. The molecule has 0 aliphatic rings. The van der Waals surface area contributed by atoms with E-state index in [0.717, 1.165) is 6.07 Å². The Balaban J connectivity index is 3.14. The van der Waals surface area contributed by atoms with E-state index in [0.29, 0.717) is 0 Å². The van der Waals surface area contributed by atoms with Crippen LogP contribution in [0, 0.1) is 0 Å². The summed E-state index contributed by atoms with van der Waals surface area (Å²) in [5.74, 6) is -4.29. The molecule has 1 aromatic heterocycles. The zero-order valence-electron chi connectivity index (χ0n) is 7.63. The van der Waals surface area contributed by atoms with Gasteiger partial charge < -0.3 is 29.9 Å². The molecule has 0 aliphatic carbocycles. The quantitative estimate of drug-likeness (QED) is 0.248. The number of phenols is 3.